The summed E-state index contributed by atoms with van der Waals surface area (Å²) in [6, 6.07) is 12.0. The van der Waals surface area contributed by atoms with Crippen molar-refractivity contribution in [1.82, 2.24) is 9.88 Å². The van der Waals surface area contributed by atoms with E-state index >= 15 is 0 Å². The maximum Gasteiger partial charge on any atom is 0.280 e. The maximum atomic E-state index is 13.0. The van der Waals surface area contributed by atoms with Gasteiger partial charge in [0.1, 0.15) is 9.90 Å². The number of benzene rings is 1. The Morgan fingerprint density at radius 1 is 1.00 bits per heavy atom. The van der Waals surface area contributed by atoms with Gasteiger partial charge in [-0.15, -0.1) is 11.3 Å². The van der Waals surface area contributed by atoms with E-state index in [-0.39, 0.29) is 22.0 Å². The number of carbonyl (C=O) groups excluding carboxylic acids is 2. The lowest BCUT2D eigenvalue weighted by atomic mass is 9.91. The SMILES string of the molecule is O=C1c2cccnc2C(=O)N1Cc1ccc(S(=O)(=O)Nc2cccc3c2CCCC3)s1. The number of amides is 2. The standard InChI is InChI=1S/C22H19N3O4S2/c26-21-17-8-4-12-23-20(17)22(27)25(21)13-15-10-11-19(30-15)31(28,29)24-18-9-3-6-14-5-1-2-7-16(14)18/h3-4,6,8-12,24H,1-2,5,7,13H2. The first kappa shape index (κ1) is 19.9. The van der Waals surface area contributed by atoms with Crippen LogP contribution >= 0.6 is 11.3 Å². The smallest absolute Gasteiger partial charge is 0.279 e. The van der Waals surface area contributed by atoms with Crippen molar-refractivity contribution in [3.05, 3.63) is 75.9 Å². The summed E-state index contributed by atoms with van der Waals surface area (Å²) in [6.45, 7) is 0.00888. The molecule has 3 heterocycles. The van der Waals surface area contributed by atoms with Gasteiger partial charge >= 0.3 is 0 Å². The van der Waals surface area contributed by atoms with Crippen LogP contribution in [0, 0.1) is 0 Å². The number of hydrogen-bond acceptors (Lipinski definition) is 6. The van der Waals surface area contributed by atoms with Crippen molar-refractivity contribution in [3.63, 3.8) is 0 Å². The first-order valence-electron chi connectivity index (χ1n) is 9.97. The normalized spacial score (nSPS) is 15.7. The van der Waals surface area contributed by atoms with Crippen LogP contribution in [0.1, 0.15) is 49.7 Å². The molecule has 158 valence electrons. The Morgan fingerprint density at radius 2 is 1.84 bits per heavy atom. The highest BCUT2D eigenvalue weighted by Gasteiger charge is 2.37. The summed E-state index contributed by atoms with van der Waals surface area (Å²) in [5.41, 5.74) is 3.28. The third kappa shape index (κ3) is 3.53. The predicted octanol–water partition coefficient (Wildman–Crippen LogP) is 3.62. The summed E-state index contributed by atoms with van der Waals surface area (Å²) in [6.07, 6.45) is 5.45. The molecule has 7 nitrogen and oxygen atoms in total. The average molecular weight is 454 g/mol. The quantitative estimate of drug-likeness (QED) is 0.595. The summed E-state index contributed by atoms with van der Waals surface area (Å²) in [5, 5.41) is 0. The molecule has 0 fully saturated rings. The first-order valence-corrected chi connectivity index (χ1v) is 12.3. The van der Waals surface area contributed by atoms with Gasteiger partial charge in [-0.3, -0.25) is 24.2 Å². The minimum Gasteiger partial charge on any atom is -0.279 e. The van der Waals surface area contributed by atoms with Gasteiger partial charge in [-0.05, 0) is 67.1 Å². The fourth-order valence-electron chi connectivity index (χ4n) is 4.07. The molecule has 2 amide bonds. The van der Waals surface area contributed by atoms with Crippen molar-refractivity contribution in [3.8, 4) is 0 Å². The van der Waals surface area contributed by atoms with E-state index in [9.17, 15) is 18.0 Å². The second-order valence-electron chi connectivity index (χ2n) is 7.57. The molecule has 0 atom stereocenters. The number of pyridine rings is 1. The second kappa shape index (κ2) is 7.58. The van der Waals surface area contributed by atoms with Gasteiger partial charge in [0, 0.05) is 11.1 Å². The van der Waals surface area contributed by atoms with Crippen LogP contribution in [0.5, 0.6) is 0 Å². The Labute approximate surface area is 183 Å². The minimum absolute atomic E-state index is 0.00888. The number of imide groups is 1. The molecule has 0 unspecified atom stereocenters. The number of sulfonamides is 1. The zero-order valence-electron chi connectivity index (χ0n) is 16.5. The predicted molar refractivity (Wildman–Crippen MR) is 117 cm³/mol. The molecule has 1 aliphatic carbocycles. The number of nitrogens with zero attached hydrogens (tertiary/aromatic N) is 2. The third-order valence-corrected chi connectivity index (χ3v) is 8.51. The molecule has 1 aromatic carbocycles. The Hall–Kier alpha value is -3.04. The Bertz CT molecular complexity index is 1280. The maximum absolute atomic E-state index is 13.0. The van der Waals surface area contributed by atoms with Crippen LogP contribution in [-0.4, -0.2) is 30.1 Å². The van der Waals surface area contributed by atoms with Crippen LogP contribution in [0.4, 0.5) is 5.69 Å². The van der Waals surface area contributed by atoms with Crippen molar-refractivity contribution in [2.24, 2.45) is 0 Å². The molecule has 2 aromatic heterocycles. The van der Waals surface area contributed by atoms with Crippen LogP contribution in [0.2, 0.25) is 0 Å². The van der Waals surface area contributed by atoms with Crippen molar-refractivity contribution in [1.29, 1.82) is 0 Å². The van der Waals surface area contributed by atoms with Gasteiger partial charge < -0.3 is 0 Å². The molecule has 31 heavy (non-hydrogen) atoms. The molecule has 1 aliphatic heterocycles. The number of anilines is 1. The highest BCUT2D eigenvalue weighted by Crippen LogP contribution is 2.32. The monoisotopic (exact) mass is 453 g/mol. The molecule has 5 rings (SSSR count). The topological polar surface area (TPSA) is 96.4 Å². The molecule has 2 aliphatic rings. The van der Waals surface area contributed by atoms with E-state index < -0.39 is 21.8 Å². The second-order valence-corrected chi connectivity index (χ2v) is 10.7. The summed E-state index contributed by atoms with van der Waals surface area (Å²) < 4.78 is 28.8. The molecule has 0 radical (unpaired) electrons. The molecule has 1 N–H and O–H groups in total. The van der Waals surface area contributed by atoms with Crippen LogP contribution < -0.4 is 4.72 Å². The lowest BCUT2D eigenvalue weighted by molar-refractivity contribution is 0.0642. The van der Waals surface area contributed by atoms with Gasteiger partial charge in [0.2, 0.25) is 0 Å². The fraction of sp³-hybridized carbons (Fsp3) is 0.227. The van der Waals surface area contributed by atoms with Gasteiger partial charge in [0.25, 0.3) is 21.8 Å². The van der Waals surface area contributed by atoms with Crippen molar-refractivity contribution in [2.75, 3.05) is 4.72 Å². The van der Waals surface area contributed by atoms with Crippen LogP contribution in [0.25, 0.3) is 0 Å². The van der Waals surface area contributed by atoms with E-state index in [1.54, 1.807) is 24.3 Å². The summed E-state index contributed by atoms with van der Waals surface area (Å²) in [4.78, 5) is 30.7. The molecule has 0 saturated heterocycles. The number of nitrogens with one attached hydrogen (secondary N) is 1. The lowest BCUT2D eigenvalue weighted by Gasteiger charge is -2.19. The molecular formula is C22H19N3O4S2. The first-order chi connectivity index (χ1) is 14.9. The van der Waals surface area contributed by atoms with E-state index in [1.165, 1.54) is 17.8 Å². The van der Waals surface area contributed by atoms with Crippen LogP contribution in [0.15, 0.2) is 52.9 Å². The van der Waals surface area contributed by atoms with Crippen molar-refractivity contribution in [2.45, 2.75) is 36.4 Å². The minimum atomic E-state index is -3.77. The largest absolute Gasteiger partial charge is 0.280 e. The zero-order chi connectivity index (χ0) is 21.6. The van der Waals surface area contributed by atoms with Crippen LogP contribution in [0.3, 0.4) is 0 Å². The summed E-state index contributed by atoms with van der Waals surface area (Å²) >= 11 is 1.05. The Morgan fingerprint density at radius 3 is 2.68 bits per heavy atom. The lowest BCUT2D eigenvalue weighted by Crippen LogP contribution is -2.28. The van der Waals surface area contributed by atoms with E-state index in [0.717, 1.165) is 47.5 Å². The number of carbonyl (C=O) groups is 2. The Balaban J connectivity index is 1.36. The number of fused-ring (bicyclic) bond motifs is 2. The molecule has 0 saturated carbocycles. The van der Waals surface area contributed by atoms with Crippen LogP contribution in [-0.2, 0) is 29.4 Å². The molecule has 0 spiro atoms. The highest BCUT2D eigenvalue weighted by molar-refractivity contribution is 7.94. The summed E-state index contributed by atoms with van der Waals surface area (Å²) in [7, 11) is -3.77. The molecule has 3 aromatic rings. The summed E-state index contributed by atoms with van der Waals surface area (Å²) in [5.74, 6) is -0.882. The Kier molecular flexibility index (Phi) is 4.86. The average Bonchev–Trinajstić information content (AvgIpc) is 3.34. The number of aryl methyl sites for hydroxylation is 1. The van der Waals surface area contributed by atoms with E-state index in [4.69, 9.17) is 0 Å². The van der Waals surface area contributed by atoms with Gasteiger partial charge in [-0.2, -0.15) is 0 Å². The highest BCUT2D eigenvalue weighted by atomic mass is 32.2. The van der Waals surface area contributed by atoms with Gasteiger partial charge in [-0.25, -0.2) is 8.42 Å². The molecule has 9 heteroatoms. The number of hydrogen-bond donors (Lipinski definition) is 1. The van der Waals surface area contributed by atoms with Gasteiger partial charge in [0.15, 0.2) is 0 Å². The molecular weight excluding hydrogens is 434 g/mol. The molecule has 0 bridgehead atoms. The van der Waals surface area contributed by atoms with Gasteiger partial charge in [0.05, 0.1) is 17.8 Å². The third-order valence-electron chi connectivity index (χ3n) is 5.59. The van der Waals surface area contributed by atoms with Gasteiger partial charge in [-0.1, -0.05) is 12.1 Å². The van der Waals surface area contributed by atoms with E-state index in [1.807, 2.05) is 12.1 Å². The number of rotatable bonds is 5. The number of thiophene rings is 1. The van der Waals surface area contributed by atoms with Crippen molar-refractivity contribution < 1.29 is 18.0 Å². The van der Waals surface area contributed by atoms with E-state index in [2.05, 4.69) is 9.71 Å². The van der Waals surface area contributed by atoms with E-state index in [0.29, 0.717) is 10.6 Å². The number of aromatic nitrogens is 1. The fourth-order valence-corrected chi connectivity index (χ4v) is 6.51. The van der Waals surface area contributed by atoms with Crippen molar-refractivity contribution >= 4 is 38.9 Å². The zero-order valence-corrected chi connectivity index (χ0v) is 18.1.